The van der Waals surface area contributed by atoms with Crippen LogP contribution in [0.5, 0.6) is 0 Å². The SMILES string of the molecule is C=CCn1c2cc(C)oc2c2cnn(CC(=O)N3CCN4CCC[C@H]4C3)c(=O)c21. The van der Waals surface area contributed by atoms with E-state index in [0.717, 1.165) is 37.3 Å². The monoisotopic (exact) mass is 395 g/mol. The molecule has 0 bridgehead atoms. The Morgan fingerprint density at radius 3 is 3.07 bits per heavy atom. The Labute approximate surface area is 168 Å². The van der Waals surface area contributed by atoms with Crippen LogP contribution in [0.15, 0.2) is 34.1 Å². The normalized spacial score (nSPS) is 19.9. The molecule has 152 valence electrons. The maximum Gasteiger partial charge on any atom is 0.291 e. The average Bonchev–Trinajstić information content (AvgIpc) is 3.39. The van der Waals surface area contributed by atoms with E-state index in [2.05, 4.69) is 16.6 Å². The third-order valence-electron chi connectivity index (χ3n) is 6.20. The lowest BCUT2D eigenvalue weighted by Crippen LogP contribution is -2.53. The van der Waals surface area contributed by atoms with Crippen molar-refractivity contribution >= 4 is 27.9 Å². The first kappa shape index (κ1) is 18.2. The van der Waals surface area contributed by atoms with Gasteiger partial charge in [0.1, 0.15) is 17.8 Å². The van der Waals surface area contributed by atoms with Crippen molar-refractivity contribution in [1.29, 1.82) is 0 Å². The molecule has 1 amide bonds. The van der Waals surface area contributed by atoms with Crippen molar-refractivity contribution in [2.24, 2.45) is 0 Å². The fourth-order valence-electron chi connectivity index (χ4n) is 4.80. The number of carbonyl (C=O) groups excluding carboxylic acids is 1. The standard InChI is InChI=1S/C21H25N5O3/c1-3-6-25-17-10-14(2)29-20(17)16-11-22-26(21(28)19(16)25)13-18(27)24-9-8-23-7-4-5-15(23)12-24/h3,10-11,15H,1,4-9,12-13H2,2H3/t15-/m0/s1. The molecule has 0 N–H and O–H groups in total. The Bertz CT molecular complexity index is 1170. The number of fused-ring (bicyclic) bond motifs is 4. The van der Waals surface area contributed by atoms with E-state index in [1.165, 1.54) is 11.1 Å². The summed E-state index contributed by atoms with van der Waals surface area (Å²) in [6, 6.07) is 2.37. The Morgan fingerprint density at radius 2 is 2.24 bits per heavy atom. The number of rotatable bonds is 4. The van der Waals surface area contributed by atoms with Gasteiger partial charge in [0.05, 0.1) is 17.1 Å². The third-order valence-corrected chi connectivity index (χ3v) is 6.20. The smallest absolute Gasteiger partial charge is 0.291 e. The Morgan fingerprint density at radius 1 is 1.38 bits per heavy atom. The summed E-state index contributed by atoms with van der Waals surface area (Å²) in [4.78, 5) is 30.4. The molecule has 0 aromatic carbocycles. The van der Waals surface area contributed by atoms with Gasteiger partial charge in [-0.15, -0.1) is 6.58 Å². The van der Waals surface area contributed by atoms with Gasteiger partial charge in [-0.1, -0.05) is 6.08 Å². The van der Waals surface area contributed by atoms with E-state index in [1.807, 2.05) is 22.5 Å². The quantitative estimate of drug-likeness (QED) is 0.629. The van der Waals surface area contributed by atoms with Gasteiger partial charge in [-0.25, -0.2) is 4.68 Å². The number of nitrogens with zero attached hydrogens (tertiary/aromatic N) is 5. The minimum Gasteiger partial charge on any atom is -0.459 e. The molecule has 2 aliphatic rings. The fraction of sp³-hybridized carbons (Fsp3) is 0.476. The van der Waals surface area contributed by atoms with E-state index >= 15 is 0 Å². The number of aromatic nitrogens is 3. The molecule has 0 spiro atoms. The maximum atomic E-state index is 13.2. The molecule has 1 atom stereocenters. The van der Waals surface area contributed by atoms with Gasteiger partial charge in [0.25, 0.3) is 5.56 Å². The molecular weight excluding hydrogens is 370 g/mol. The molecule has 3 aromatic rings. The number of aryl methyl sites for hydroxylation is 1. The molecule has 0 saturated carbocycles. The van der Waals surface area contributed by atoms with Crippen LogP contribution in [0.3, 0.4) is 0 Å². The van der Waals surface area contributed by atoms with Gasteiger partial charge < -0.3 is 13.9 Å². The second-order valence-corrected chi connectivity index (χ2v) is 8.01. The van der Waals surface area contributed by atoms with Crippen LogP contribution in [0.4, 0.5) is 0 Å². The first-order chi connectivity index (χ1) is 14.1. The Hall–Kier alpha value is -2.87. The van der Waals surface area contributed by atoms with E-state index in [0.29, 0.717) is 35.6 Å². The van der Waals surface area contributed by atoms with Crippen LogP contribution < -0.4 is 5.56 Å². The second-order valence-electron chi connectivity index (χ2n) is 8.01. The van der Waals surface area contributed by atoms with Crippen LogP contribution in [0.1, 0.15) is 18.6 Å². The van der Waals surface area contributed by atoms with Gasteiger partial charge >= 0.3 is 0 Å². The first-order valence-corrected chi connectivity index (χ1v) is 10.2. The minimum atomic E-state index is -0.277. The molecule has 0 radical (unpaired) electrons. The van der Waals surface area contributed by atoms with Crippen molar-refractivity contribution in [3.05, 3.63) is 41.0 Å². The van der Waals surface area contributed by atoms with Gasteiger partial charge in [0.2, 0.25) is 5.91 Å². The van der Waals surface area contributed by atoms with Gasteiger partial charge in [-0.2, -0.15) is 5.10 Å². The number of amides is 1. The molecule has 8 nitrogen and oxygen atoms in total. The zero-order chi connectivity index (χ0) is 20.1. The number of hydrogen-bond acceptors (Lipinski definition) is 5. The summed E-state index contributed by atoms with van der Waals surface area (Å²) in [5.74, 6) is 0.729. The average molecular weight is 395 g/mol. The van der Waals surface area contributed by atoms with E-state index in [-0.39, 0.29) is 18.0 Å². The van der Waals surface area contributed by atoms with E-state index < -0.39 is 0 Å². The number of furan rings is 1. The van der Waals surface area contributed by atoms with Crippen molar-refractivity contribution in [1.82, 2.24) is 24.1 Å². The summed E-state index contributed by atoms with van der Waals surface area (Å²) >= 11 is 0. The predicted molar refractivity (Wildman–Crippen MR) is 110 cm³/mol. The molecule has 29 heavy (non-hydrogen) atoms. The van der Waals surface area contributed by atoms with Gasteiger partial charge in [0, 0.05) is 38.3 Å². The lowest BCUT2D eigenvalue weighted by molar-refractivity contribution is -0.134. The van der Waals surface area contributed by atoms with Gasteiger partial charge in [0.15, 0.2) is 5.58 Å². The highest BCUT2D eigenvalue weighted by Gasteiger charge is 2.32. The van der Waals surface area contributed by atoms with Crippen molar-refractivity contribution < 1.29 is 9.21 Å². The number of allylic oxidation sites excluding steroid dienone is 1. The van der Waals surface area contributed by atoms with E-state index in [9.17, 15) is 9.59 Å². The number of carbonyl (C=O) groups is 1. The van der Waals surface area contributed by atoms with Crippen LogP contribution in [0.2, 0.25) is 0 Å². The molecule has 0 aliphatic carbocycles. The van der Waals surface area contributed by atoms with Crippen LogP contribution >= 0.6 is 0 Å². The molecule has 5 rings (SSSR count). The van der Waals surface area contributed by atoms with Gasteiger partial charge in [-0.3, -0.25) is 14.5 Å². The predicted octanol–water partition coefficient (Wildman–Crippen LogP) is 1.75. The first-order valence-electron chi connectivity index (χ1n) is 10.2. The fourth-order valence-corrected chi connectivity index (χ4v) is 4.80. The van der Waals surface area contributed by atoms with Crippen molar-refractivity contribution in [3.63, 3.8) is 0 Å². The Kier molecular flexibility index (Phi) is 4.31. The molecule has 5 heterocycles. The topological polar surface area (TPSA) is 76.5 Å². The lowest BCUT2D eigenvalue weighted by Gasteiger charge is -2.37. The second kappa shape index (κ2) is 6.88. The number of hydrogen-bond donors (Lipinski definition) is 0. The van der Waals surface area contributed by atoms with E-state index in [1.54, 1.807) is 12.3 Å². The van der Waals surface area contributed by atoms with Crippen LogP contribution in [0.25, 0.3) is 22.0 Å². The maximum absolute atomic E-state index is 13.2. The number of piperazine rings is 1. The minimum absolute atomic E-state index is 0.0405. The third kappa shape index (κ3) is 2.90. The molecule has 2 fully saturated rings. The van der Waals surface area contributed by atoms with Crippen LogP contribution in [-0.2, 0) is 17.9 Å². The molecular formula is C21H25N5O3. The molecule has 2 aliphatic heterocycles. The lowest BCUT2D eigenvalue weighted by atomic mass is 10.1. The zero-order valence-corrected chi connectivity index (χ0v) is 16.6. The molecule has 2 saturated heterocycles. The summed E-state index contributed by atoms with van der Waals surface area (Å²) in [5.41, 5.74) is 1.72. The molecule has 8 heteroatoms. The molecule has 3 aromatic heterocycles. The summed E-state index contributed by atoms with van der Waals surface area (Å²) in [7, 11) is 0. The van der Waals surface area contributed by atoms with Crippen molar-refractivity contribution in [2.75, 3.05) is 26.2 Å². The van der Waals surface area contributed by atoms with E-state index in [4.69, 9.17) is 4.42 Å². The highest BCUT2D eigenvalue weighted by atomic mass is 16.3. The Balaban J connectivity index is 1.48. The summed E-state index contributed by atoms with van der Waals surface area (Å²) in [6.45, 7) is 9.62. The molecule has 0 unspecified atom stereocenters. The largest absolute Gasteiger partial charge is 0.459 e. The summed E-state index contributed by atoms with van der Waals surface area (Å²) in [6.07, 6.45) is 5.72. The van der Waals surface area contributed by atoms with Crippen LogP contribution in [-0.4, -0.2) is 62.3 Å². The summed E-state index contributed by atoms with van der Waals surface area (Å²) in [5, 5.41) is 4.96. The van der Waals surface area contributed by atoms with Crippen molar-refractivity contribution in [2.45, 2.75) is 38.9 Å². The van der Waals surface area contributed by atoms with Crippen LogP contribution in [0, 0.1) is 6.92 Å². The summed E-state index contributed by atoms with van der Waals surface area (Å²) < 4.78 is 8.96. The highest BCUT2D eigenvalue weighted by Crippen LogP contribution is 2.29. The van der Waals surface area contributed by atoms with Gasteiger partial charge in [-0.05, 0) is 26.3 Å². The zero-order valence-electron chi connectivity index (χ0n) is 16.6. The van der Waals surface area contributed by atoms with Crippen molar-refractivity contribution in [3.8, 4) is 0 Å². The highest BCUT2D eigenvalue weighted by molar-refractivity contribution is 6.04.